The third-order valence-corrected chi connectivity index (χ3v) is 6.06. The number of amides is 1. The van der Waals surface area contributed by atoms with Crippen molar-refractivity contribution >= 4 is 34.1 Å². The normalized spacial score (nSPS) is 13.8. The molecule has 1 saturated carbocycles. The number of nitrogens with one attached hydrogen (secondary N) is 2. The SMILES string of the molecule is O=C(NCc1ncn2ccc(Cl)c(F)c12)c1cn(Cc2nc3ccc(C4CC4)cc3[nH]2)nn1. The summed E-state index contributed by atoms with van der Waals surface area (Å²) in [5, 5.41) is 10.7. The Morgan fingerprint density at radius 2 is 2.18 bits per heavy atom. The Bertz CT molecular complexity index is 1520. The van der Waals surface area contributed by atoms with Crippen molar-refractivity contribution in [2.24, 2.45) is 0 Å². The number of carbonyl (C=O) groups excluding carboxylic acids is 1. The van der Waals surface area contributed by atoms with Crippen LogP contribution in [0.3, 0.4) is 0 Å². The van der Waals surface area contributed by atoms with E-state index >= 15 is 0 Å². The largest absolute Gasteiger partial charge is 0.345 e. The number of aromatic nitrogens is 7. The maximum absolute atomic E-state index is 14.4. The van der Waals surface area contributed by atoms with E-state index in [1.807, 2.05) is 6.07 Å². The number of benzene rings is 1. The number of nitrogens with zero attached hydrogens (tertiary/aromatic N) is 6. The van der Waals surface area contributed by atoms with Crippen molar-refractivity contribution in [3.63, 3.8) is 0 Å². The van der Waals surface area contributed by atoms with E-state index in [0.29, 0.717) is 18.2 Å². The summed E-state index contributed by atoms with van der Waals surface area (Å²) in [6.45, 7) is 0.371. The molecule has 1 aliphatic carbocycles. The van der Waals surface area contributed by atoms with Crippen LogP contribution in [0.25, 0.3) is 16.6 Å². The van der Waals surface area contributed by atoms with Crippen LogP contribution in [0.15, 0.2) is 43.0 Å². The van der Waals surface area contributed by atoms with E-state index in [-0.39, 0.29) is 22.8 Å². The van der Waals surface area contributed by atoms with Crippen LogP contribution in [-0.4, -0.2) is 40.3 Å². The number of hydrogen-bond acceptors (Lipinski definition) is 5. The lowest BCUT2D eigenvalue weighted by Crippen LogP contribution is -2.23. The van der Waals surface area contributed by atoms with Gasteiger partial charge in [0, 0.05) is 6.20 Å². The fourth-order valence-corrected chi connectivity index (χ4v) is 4.07. The lowest BCUT2D eigenvalue weighted by Gasteiger charge is -2.03. The Hall–Kier alpha value is -3.79. The Morgan fingerprint density at radius 1 is 1.30 bits per heavy atom. The number of rotatable bonds is 6. The number of hydrogen-bond donors (Lipinski definition) is 2. The molecule has 1 aromatic carbocycles. The zero-order chi connectivity index (χ0) is 22.5. The van der Waals surface area contributed by atoms with Gasteiger partial charge in [0.1, 0.15) is 17.9 Å². The van der Waals surface area contributed by atoms with E-state index in [2.05, 4.69) is 42.7 Å². The Morgan fingerprint density at radius 3 is 3.03 bits per heavy atom. The van der Waals surface area contributed by atoms with Gasteiger partial charge in [0.2, 0.25) is 0 Å². The molecule has 4 heterocycles. The van der Waals surface area contributed by atoms with E-state index < -0.39 is 11.7 Å². The summed E-state index contributed by atoms with van der Waals surface area (Å²) < 4.78 is 17.4. The minimum absolute atomic E-state index is 0.00660. The van der Waals surface area contributed by atoms with Gasteiger partial charge >= 0.3 is 0 Å². The van der Waals surface area contributed by atoms with Gasteiger partial charge < -0.3 is 14.7 Å². The molecule has 33 heavy (non-hydrogen) atoms. The van der Waals surface area contributed by atoms with E-state index in [0.717, 1.165) is 16.9 Å². The molecule has 1 fully saturated rings. The number of carbonyl (C=O) groups is 1. The molecule has 0 atom stereocenters. The van der Waals surface area contributed by atoms with Gasteiger partial charge in [0.15, 0.2) is 11.5 Å². The summed E-state index contributed by atoms with van der Waals surface area (Å²) in [5.41, 5.74) is 3.96. The number of halogens is 2. The molecule has 1 amide bonds. The van der Waals surface area contributed by atoms with Crippen molar-refractivity contribution in [3.8, 4) is 0 Å². The molecule has 166 valence electrons. The molecule has 0 aliphatic heterocycles. The standard InChI is InChI=1S/C22H18ClFN8O/c23-14-5-6-31-11-26-17(21(31)20(14)24)8-25-22(33)18-9-32(30-29-18)10-19-27-15-4-3-13(12-1-2-12)7-16(15)28-19/h3-7,9,11-12H,1-2,8,10H2,(H,25,33)(H,27,28). The third-order valence-electron chi connectivity index (χ3n) is 5.77. The second kappa shape index (κ2) is 7.66. The molecule has 2 N–H and O–H groups in total. The summed E-state index contributed by atoms with van der Waals surface area (Å²) >= 11 is 5.86. The zero-order valence-electron chi connectivity index (χ0n) is 17.3. The van der Waals surface area contributed by atoms with Gasteiger partial charge in [-0.1, -0.05) is 22.9 Å². The van der Waals surface area contributed by atoms with Crippen LogP contribution in [0.4, 0.5) is 4.39 Å². The third kappa shape index (κ3) is 3.72. The van der Waals surface area contributed by atoms with Crippen molar-refractivity contribution in [2.45, 2.75) is 31.8 Å². The molecule has 6 rings (SSSR count). The van der Waals surface area contributed by atoms with Crippen molar-refractivity contribution in [3.05, 3.63) is 76.6 Å². The van der Waals surface area contributed by atoms with E-state index in [1.165, 1.54) is 35.2 Å². The highest BCUT2D eigenvalue weighted by atomic mass is 35.5. The number of H-pyrrole nitrogens is 1. The lowest BCUT2D eigenvalue weighted by molar-refractivity contribution is 0.0945. The first-order chi connectivity index (χ1) is 16.0. The van der Waals surface area contributed by atoms with Crippen LogP contribution in [0, 0.1) is 5.82 Å². The van der Waals surface area contributed by atoms with Crippen LogP contribution in [0.5, 0.6) is 0 Å². The highest BCUT2D eigenvalue weighted by molar-refractivity contribution is 6.31. The summed E-state index contributed by atoms with van der Waals surface area (Å²) in [6, 6.07) is 7.75. The van der Waals surface area contributed by atoms with E-state index in [4.69, 9.17) is 11.6 Å². The molecule has 5 aromatic rings. The van der Waals surface area contributed by atoms with Crippen molar-refractivity contribution in [2.75, 3.05) is 0 Å². The molecule has 0 spiro atoms. The Labute approximate surface area is 191 Å². The first-order valence-electron chi connectivity index (χ1n) is 10.5. The van der Waals surface area contributed by atoms with Crippen LogP contribution >= 0.6 is 11.6 Å². The van der Waals surface area contributed by atoms with Gasteiger partial charge in [-0.3, -0.25) is 4.79 Å². The molecule has 4 aromatic heterocycles. The second-order valence-electron chi connectivity index (χ2n) is 8.14. The molecule has 0 radical (unpaired) electrons. The summed E-state index contributed by atoms with van der Waals surface area (Å²) in [7, 11) is 0. The van der Waals surface area contributed by atoms with Crippen molar-refractivity contribution in [1.29, 1.82) is 0 Å². The van der Waals surface area contributed by atoms with Crippen LogP contribution in [-0.2, 0) is 13.1 Å². The van der Waals surface area contributed by atoms with Gasteiger partial charge in [0.05, 0.1) is 40.8 Å². The first kappa shape index (κ1) is 19.9. The summed E-state index contributed by atoms with van der Waals surface area (Å²) in [6.07, 6.45) is 7.11. The number of pyridine rings is 1. The van der Waals surface area contributed by atoms with Gasteiger partial charge in [-0.05, 0) is 42.5 Å². The highest BCUT2D eigenvalue weighted by Gasteiger charge is 2.24. The van der Waals surface area contributed by atoms with Gasteiger partial charge in [0.25, 0.3) is 5.91 Å². The minimum atomic E-state index is -0.582. The van der Waals surface area contributed by atoms with Crippen LogP contribution in [0.1, 0.15) is 46.3 Å². The van der Waals surface area contributed by atoms with E-state index in [1.54, 1.807) is 17.1 Å². The monoisotopic (exact) mass is 464 g/mol. The first-order valence-corrected chi connectivity index (χ1v) is 10.9. The molecule has 1 aliphatic rings. The predicted molar refractivity (Wildman–Crippen MR) is 119 cm³/mol. The molecular weight excluding hydrogens is 447 g/mol. The average molecular weight is 465 g/mol. The maximum Gasteiger partial charge on any atom is 0.273 e. The lowest BCUT2D eigenvalue weighted by atomic mass is 10.1. The Balaban J connectivity index is 1.14. The second-order valence-corrected chi connectivity index (χ2v) is 8.55. The van der Waals surface area contributed by atoms with Crippen LogP contribution in [0.2, 0.25) is 5.02 Å². The molecule has 0 saturated heterocycles. The molecule has 0 bridgehead atoms. The highest BCUT2D eigenvalue weighted by Crippen LogP contribution is 2.40. The fraction of sp³-hybridized carbons (Fsp3) is 0.227. The zero-order valence-corrected chi connectivity index (χ0v) is 18.1. The van der Waals surface area contributed by atoms with Gasteiger partial charge in [-0.2, -0.15) is 0 Å². The summed E-state index contributed by atoms with van der Waals surface area (Å²) in [4.78, 5) is 24.6. The predicted octanol–water partition coefficient (Wildman–Crippen LogP) is 3.45. The number of aromatic amines is 1. The van der Waals surface area contributed by atoms with Gasteiger partial charge in [-0.25, -0.2) is 19.0 Å². The van der Waals surface area contributed by atoms with Crippen molar-refractivity contribution < 1.29 is 9.18 Å². The molecule has 9 nitrogen and oxygen atoms in total. The average Bonchev–Trinajstić information content (AvgIpc) is 3.23. The molecular formula is C22H18ClFN8O. The van der Waals surface area contributed by atoms with Crippen LogP contribution < -0.4 is 5.32 Å². The smallest absolute Gasteiger partial charge is 0.273 e. The van der Waals surface area contributed by atoms with Crippen molar-refractivity contribution in [1.82, 2.24) is 39.7 Å². The molecule has 0 unspecified atom stereocenters. The molecule has 11 heteroatoms. The number of fused-ring (bicyclic) bond motifs is 2. The summed E-state index contributed by atoms with van der Waals surface area (Å²) in [5.74, 6) is 0.378. The topological polar surface area (TPSA) is 106 Å². The minimum Gasteiger partial charge on any atom is -0.345 e. The fourth-order valence-electron chi connectivity index (χ4n) is 3.93. The van der Waals surface area contributed by atoms with E-state index in [9.17, 15) is 9.18 Å². The quantitative estimate of drug-likeness (QED) is 0.400. The number of imidazole rings is 2. The Kier molecular flexibility index (Phi) is 4.61. The maximum atomic E-state index is 14.4. The van der Waals surface area contributed by atoms with Gasteiger partial charge in [-0.15, -0.1) is 5.10 Å².